The van der Waals surface area contributed by atoms with E-state index in [1.807, 2.05) is 0 Å². The van der Waals surface area contributed by atoms with Crippen molar-refractivity contribution < 1.29 is 24.4 Å². The predicted molar refractivity (Wildman–Crippen MR) is 91.5 cm³/mol. The van der Waals surface area contributed by atoms with Crippen molar-refractivity contribution >= 4 is 23.1 Å². The fourth-order valence-corrected chi connectivity index (χ4v) is 2.71. The minimum absolute atomic E-state index is 0.103. The number of carbonyl (C=O) groups is 2. The second-order valence-corrected chi connectivity index (χ2v) is 5.58. The summed E-state index contributed by atoms with van der Waals surface area (Å²) in [6.45, 7) is 0. The number of nitro groups is 1. The van der Waals surface area contributed by atoms with E-state index in [9.17, 15) is 24.8 Å². The monoisotopic (exact) mass is 354 g/mol. The van der Waals surface area contributed by atoms with Gasteiger partial charge in [-0.25, -0.2) is 0 Å². The van der Waals surface area contributed by atoms with E-state index in [0.29, 0.717) is 11.3 Å². The standard InChI is InChI=1S/C18H14N2O6/c1-26-13-8-4-10(5-9-13)15-14(17(22)18(23)19-15)16(21)11-2-6-12(7-3-11)20(24)25/h2-9,15,21H,1H3,(H,19,23)/b16-14-. The number of ether oxygens (including phenoxy) is 1. The Morgan fingerprint density at radius 1 is 1.12 bits per heavy atom. The van der Waals surface area contributed by atoms with E-state index in [1.54, 1.807) is 24.3 Å². The number of non-ortho nitro benzene ring substituents is 1. The molecule has 8 heteroatoms. The average Bonchev–Trinajstić information content (AvgIpc) is 2.96. The number of methoxy groups -OCH3 is 1. The SMILES string of the molecule is COc1ccc(C2NC(=O)C(=O)/C2=C(\O)c2ccc([N+](=O)[O-])cc2)cc1. The van der Waals surface area contributed by atoms with Crippen molar-refractivity contribution in [2.45, 2.75) is 6.04 Å². The Labute approximate surface area is 147 Å². The van der Waals surface area contributed by atoms with Gasteiger partial charge in [0.05, 0.1) is 23.6 Å². The Hall–Kier alpha value is -3.68. The van der Waals surface area contributed by atoms with Gasteiger partial charge in [0.1, 0.15) is 11.5 Å². The Balaban J connectivity index is 2.04. The molecule has 26 heavy (non-hydrogen) atoms. The zero-order chi connectivity index (χ0) is 18.8. The lowest BCUT2D eigenvalue weighted by atomic mass is 9.96. The molecule has 2 aromatic carbocycles. The number of Topliss-reactive ketones (excluding diaryl/α,β-unsaturated/α-hetero) is 1. The average molecular weight is 354 g/mol. The number of ketones is 1. The molecule has 1 fully saturated rings. The van der Waals surface area contributed by atoms with E-state index in [0.717, 1.165) is 0 Å². The van der Waals surface area contributed by atoms with E-state index in [4.69, 9.17) is 4.74 Å². The molecule has 1 saturated heterocycles. The maximum Gasteiger partial charge on any atom is 0.293 e. The molecular formula is C18H14N2O6. The molecule has 1 aliphatic rings. The van der Waals surface area contributed by atoms with Crippen molar-refractivity contribution in [3.8, 4) is 5.75 Å². The summed E-state index contributed by atoms with van der Waals surface area (Å²) in [6.07, 6.45) is 0. The number of aliphatic hydroxyl groups is 1. The zero-order valence-electron chi connectivity index (χ0n) is 13.6. The van der Waals surface area contributed by atoms with Gasteiger partial charge in [0, 0.05) is 17.7 Å². The molecule has 1 atom stereocenters. The molecule has 0 bridgehead atoms. The molecule has 132 valence electrons. The molecule has 2 aromatic rings. The number of carbonyl (C=O) groups excluding carboxylic acids is 2. The first-order valence-electron chi connectivity index (χ1n) is 7.59. The molecule has 0 spiro atoms. The third-order valence-electron chi connectivity index (χ3n) is 4.07. The topological polar surface area (TPSA) is 119 Å². The molecule has 0 radical (unpaired) electrons. The van der Waals surface area contributed by atoms with Crippen LogP contribution in [-0.4, -0.2) is 28.8 Å². The highest BCUT2D eigenvalue weighted by Crippen LogP contribution is 2.33. The number of nitrogens with one attached hydrogen (secondary N) is 1. The maximum atomic E-state index is 12.2. The van der Waals surface area contributed by atoms with Crippen LogP contribution in [0.3, 0.4) is 0 Å². The number of benzene rings is 2. The first-order chi connectivity index (χ1) is 12.4. The van der Waals surface area contributed by atoms with Gasteiger partial charge in [0.25, 0.3) is 17.4 Å². The van der Waals surface area contributed by atoms with Crippen LogP contribution < -0.4 is 10.1 Å². The van der Waals surface area contributed by atoms with Crippen LogP contribution in [0.4, 0.5) is 5.69 Å². The van der Waals surface area contributed by atoms with Gasteiger partial charge >= 0.3 is 0 Å². The zero-order valence-corrected chi connectivity index (χ0v) is 13.6. The minimum Gasteiger partial charge on any atom is -0.507 e. The quantitative estimate of drug-likeness (QED) is 0.286. The van der Waals surface area contributed by atoms with Crippen molar-refractivity contribution in [2.75, 3.05) is 7.11 Å². The molecule has 3 rings (SSSR count). The number of hydrogen-bond acceptors (Lipinski definition) is 6. The molecule has 1 unspecified atom stereocenters. The van der Waals surface area contributed by atoms with E-state index in [-0.39, 0.29) is 16.8 Å². The Kier molecular flexibility index (Phi) is 4.40. The maximum absolute atomic E-state index is 12.2. The Morgan fingerprint density at radius 2 is 1.73 bits per heavy atom. The summed E-state index contributed by atoms with van der Waals surface area (Å²) in [5, 5.41) is 23.8. The molecule has 1 amide bonds. The van der Waals surface area contributed by atoms with Gasteiger partial charge in [0.2, 0.25) is 0 Å². The summed E-state index contributed by atoms with van der Waals surface area (Å²) in [5.41, 5.74) is 0.543. The van der Waals surface area contributed by atoms with Gasteiger partial charge in [-0.1, -0.05) is 12.1 Å². The highest BCUT2D eigenvalue weighted by molar-refractivity contribution is 6.46. The van der Waals surface area contributed by atoms with Crippen LogP contribution in [0.2, 0.25) is 0 Å². The molecule has 8 nitrogen and oxygen atoms in total. The molecule has 2 N–H and O–H groups in total. The first-order valence-corrected chi connectivity index (χ1v) is 7.59. The summed E-state index contributed by atoms with van der Waals surface area (Å²) in [5.74, 6) is -1.46. The summed E-state index contributed by atoms with van der Waals surface area (Å²) < 4.78 is 5.08. The number of rotatable bonds is 4. The number of amides is 1. The summed E-state index contributed by atoms with van der Waals surface area (Å²) in [7, 11) is 1.52. The van der Waals surface area contributed by atoms with Gasteiger partial charge in [0.15, 0.2) is 0 Å². The Bertz CT molecular complexity index is 916. The van der Waals surface area contributed by atoms with Crippen LogP contribution >= 0.6 is 0 Å². The lowest BCUT2D eigenvalue weighted by Gasteiger charge is -2.14. The molecule has 0 aliphatic carbocycles. The van der Waals surface area contributed by atoms with Gasteiger partial charge in [-0.15, -0.1) is 0 Å². The van der Waals surface area contributed by atoms with Gasteiger partial charge in [-0.2, -0.15) is 0 Å². The van der Waals surface area contributed by atoms with Crippen LogP contribution in [0, 0.1) is 10.1 Å². The van der Waals surface area contributed by atoms with E-state index < -0.39 is 28.4 Å². The number of nitro benzene ring substituents is 1. The lowest BCUT2D eigenvalue weighted by Crippen LogP contribution is -2.21. The second kappa shape index (κ2) is 6.67. The third-order valence-corrected chi connectivity index (χ3v) is 4.07. The van der Waals surface area contributed by atoms with Crippen LogP contribution in [0.1, 0.15) is 17.2 Å². The number of hydrogen-bond donors (Lipinski definition) is 2. The normalized spacial score (nSPS) is 18.4. The molecule has 1 aliphatic heterocycles. The highest BCUT2D eigenvalue weighted by Gasteiger charge is 2.39. The summed E-state index contributed by atoms with van der Waals surface area (Å²) >= 11 is 0. The van der Waals surface area contributed by atoms with Crippen LogP contribution in [-0.2, 0) is 9.59 Å². The largest absolute Gasteiger partial charge is 0.507 e. The van der Waals surface area contributed by atoms with E-state index in [1.165, 1.54) is 31.4 Å². The minimum atomic E-state index is -0.846. The molecule has 1 heterocycles. The van der Waals surface area contributed by atoms with Crippen molar-refractivity contribution in [3.05, 3.63) is 75.3 Å². The summed E-state index contributed by atoms with van der Waals surface area (Å²) in [6, 6.07) is 10.9. The third kappa shape index (κ3) is 3.00. The van der Waals surface area contributed by atoms with Gasteiger partial charge in [-0.05, 0) is 29.8 Å². The molecule has 0 saturated carbocycles. The van der Waals surface area contributed by atoms with Crippen LogP contribution in [0.25, 0.3) is 5.76 Å². The fourth-order valence-electron chi connectivity index (χ4n) is 2.71. The number of aliphatic hydroxyl groups excluding tert-OH is 1. The van der Waals surface area contributed by atoms with Crippen molar-refractivity contribution in [2.24, 2.45) is 0 Å². The summed E-state index contributed by atoms with van der Waals surface area (Å²) in [4.78, 5) is 34.3. The second-order valence-electron chi connectivity index (χ2n) is 5.58. The lowest BCUT2D eigenvalue weighted by molar-refractivity contribution is -0.384. The smallest absolute Gasteiger partial charge is 0.293 e. The van der Waals surface area contributed by atoms with Crippen molar-refractivity contribution in [1.82, 2.24) is 5.32 Å². The van der Waals surface area contributed by atoms with Crippen molar-refractivity contribution in [1.29, 1.82) is 0 Å². The van der Waals surface area contributed by atoms with E-state index >= 15 is 0 Å². The van der Waals surface area contributed by atoms with E-state index in [2.05, 4.69) is 5.32 Å². The van der Waals surface area contributed by atoms with Gasteiger partial charge in [-0.3, -0.25) is 19.7 Å². The predicted octanol–water partition coefficient (Wildman–Crippen LogP) is 2.31. The highest BCUT2D eigenvalue weighted by atomic mass is 16.6. The molecular weight excluding hydrogens is 340 g/mol. The number of nitrogens with zero attached hydrogens (tertiary/aromatic N) is 1. The first kappa shape index (κ1) is 17.2. The van der Waals surface area contributed by atoms with Crippen molar-refractivity contribution in [3.63, 3.8) is 0 Å². The molecule has 0 aromatic heterocycles. The Morgan fingerprint density at radius 3 is 2.27 bits per heavy atom. The van der Waals surface area contributed by atoms with Crippen LogP contribution in [0.15, 0.2) is 54.1 Å². The fraction of sp³-hybridized carbons (Fsp3) is 0.111. The van der Waals surface area contributed by atoms with Gasteiger partial charge < -0.3 is 15.2 Å². The van der Waals surface area contributed by atoms with Crippen LogP contribution in [0.5, 0.6) is 5.75 Å².